The topological polar surface area (TPSA) is 27.7 Å². The van der Waals surface area contributed by atoms with Crippen LogP contribution in [0, 0.1) is 0 Å². The van der Waals surface area contributed by atoms with Crippen LogP contribution in [0.3, 0.4) is 0 Å². The Hall–Kier alpha value is 1.28. The van der Waals surface area contributed by atoms with Crippen LogP contribution in [0.5, 0.6) is 0 Å². The third-order valence-corrected chi connectivity index (χ3v) is 7.40. The van der Waals surface area contributed by atoms with Crippen molar-refractivity contribution in [2.45, 2.75) is 33.2 Å². The average molecular weight is 306 g/mol. The zero-order valence-electron chi connectivity index (χ0n) is 9.97. The summed E-state index contributed by atoms with van der Waals surface area (Å²) in [7, 11) is 1.34. The van der Waals surface area contributed by atoms with Crippen molar-refractivity contribution in [3.8, 4) is 0 Å². The highest BCUT2D eigenvalue weighted by Gasteiger charge is 2.35. The van der Waals surface area contributed by atoms with E-state index in [-0.39, 0.29) is 8.96 Å². The van der Waals surface area contributed by atoms with Crippen molar-refractivity contribution in [3.63, 3.8) is 0 Å². The summed E-state index contributed by atoms with van der Waals surface area (Å²) >= 11 is 8.53. The second-order valence-corrected chi connectivity index (χ2v) is 9.09. The van der Waals surface area contributed by atoms with Crippen molar-refractivity contribution in [1.29, 1.82) is 0 Å². The lowest BCUT2D eigenvalue weighted by Gasteiger charge is -2.31. The Morgan fingerprint density at radius 1 is 1.06 bits per heavy atom. The van der Waals surface area contributed by atoms with Crippen molar-refractivity contribution in [2.24, 2.45) is 0 Å². The molecule has 0 rings (SSSR count). The molecule has 1 unspecified atom stereocenters. The first kappa shape index (κ1) is 17.3. The van der Waals surface area contributed by atoms with E-state index < -0.39 is 5.97 Å². The van der Waals surface area contributed by atoms with E-state index in [2.05, 4.69) is 23.3 Å². The molecule has 0 heterocycles. The van der Waals surface area contributed by atoms with Gasteiger partial charge in [-0.3, -0.25) is 0 Å². The molecule has 3 nitrogen and oxygen atoms in total. The SMILES string of the molecule is CCOC(CC[S+](S)SS)(OCC)OCC. The van der Waals surface area contributed by atoms with Crippen LogP contribution in [0.25, 0.3) is 0 Å². The zero-order valence-corrected chi connectivity index (χ0v) is 13.4. The van der Waals surface area contributed by atoms with Crippen LogP contribution in [-0.4, -0.2) is 31.5 Å². The summed E-state index contributed by atoms with van der Waals surface area (Å²) in [6.45, 7) is 7.49. The normalized spacial score (nSPS) is 14.1. The summed E-state index contributed by atoms with van der Waals surface area (Å²) in [6.07, 6.45) is 0.669. The Kier molecular flexibility index (Phi) is 11.0. The van der Waals surface area contributed by atoms with Gasteiger partial charge in [0.15, 0.2) is 9.83 Å². The summed E-state index contributed by atoms with van der Waals surface area (Å²) in [5.74, 6) is -0.0625. The molecular formula is C9H21O3S4+. The molecule has 0 aliphatic rings. The van der Waals surface area contributed by atoms with E-state index in [1.807, 2.05) is 20.8 Å². The van der Waals surface area contributed by atoms with Gasteiger partial charge in [-0.25, -0.2) is 0 Å². The van der Waals surface area contributed by atoms with Gasteiger partial charge in [0.2, 0.25) is 0 Å². The lowest BCUT2D eigenvalue weighted by atomic mass is 10.4. The Labute approximate surface area is 115 Å². The number of rotatable bonds is 10. The molecule has 0 radical (unpaired) electrons. The van der Waals surface area contributed by atoms with Gasteiger partial charge in [0.25, 0.3) is 5.97 Å². The fourth-order valence-corrected chi connectivity index (χ4v) is 3.17. The minimum atomic E-state index is -0.907. The largest absolute Gasteiger partial charge is 0.328 e. The van der Waals surface area contributed by atoms with Gasteiger partial charge < -0.3 is 14.2 Å². The van der Waals surface area contributed by atoms with Crippen molar-refractivity contribution < 1.29 is 14.2 Å². The molecule has 0 fully saturated rings. The van der Waals surface area contributed by atoms with E-state index in [0.29, 0.717) is 26.2 Å². The van der Waals surface area contributed by atoms with Crippen LogP contribution in [0.15, 0.2) is 0 Å². The molecular weight excluding hydrogens is 284 g/mol. The van der Waals surface area contributed by atoms with E-state index >= 15 is 0 Å². The minimum absolute atomic E-state index is 0.0989. The van der Waals surface area contributed by atoms with Crippen molar-refractivity contribution in [1.82, 2.24) is 0 Å². The summed E-state index contributed by atoms with van der Waals surface area (Å²) in [5, 5.41) is 0. The molecule has 0 aliphatic carbocycles. The van der Waals surface area contributed by atoms with Gasteiger partial charge >= 0.3 is 0 Å². The number of hydrogen-bond acceptors (Lipinski definition) is 6. The monoisotopic (exact) mass is 305 g/mol. The molecule has 0 aromatic carbocycles. The fraction of sp³-hybridized carbons (Fsp3) is 1.00. The Balaban J connectivity index is 4.34. The first-order valence-electron chi connectivity index (χ1n) is 5.27. The maximum absolute atomic E-state index is 5.60. The summed E-state index contributed by atoms with van der Waals surface area (Å²) in [4.78, 5) is 0. The molecule has 0 aromatic heterocycles. The van der Waals surface area contributed by atoms with E-state index in [0.717, 1.165) is 5.75 Å². The molecule has 7 heteroatoms. The van der Waals surface area contributed by atoms with Gasteiger partial charge in [-0.2, -0.15) is 0 Å². The highest BCUT2D eigenvalue weighted by molar-refractivity contribution is 9.19. The predicted molar refractivity (Wildman–Crippen MR) is 80.0 cm³/mol. The molecule has 16 heavy (non-hydrogen) atoms. The van der Waals surface area contributed by atoms with Gasteiger partial charge in [-0.15, -0.1) is 0 Å². The third-order valence-electron chi connectivity index (χ3n) is 1.76. The summed E-state index contributed by atoms with van der Waals surface area (Å²) in [5.41, 5.74) is 0. The van der Waals surface area contributed by atoms with E-state index in [9.17, 15) is 0 Å². The van der Waals surface area contributed by atoms with Crippen LogP contribution < -0.4 is 0 Å². The quantitative estimate of drug-likeness (QED) is 0.281. The molecule has 0 N–H and O–H groups in total. The number of hydrogen-bond donors (Lipinski definition) is 2. The molecule has 0 aromatic rings. The summed E-state index contributed by atoms with van der Waals surface area (Å²) < 4.78 is 16.8. The third kappa shape index (κ3) is 6.88. The van der Waals surface area contributed by atoms with Crippen LogP contribution >= 0.6 is 33.1 Å². The number of thiol groups is 2. The smallest absolute Gasteiger partial charge is 0.287 e. The van der Waals surface area contributed by atoms with Crippen molar-refractivity contribution in [2.75, 3.05) is 25.6 Å². The first-order valence-corrected chi connectivity index (χ1v) is 10.1. The molecule has 0 saturated heterocycles. The van der Waals surface area contributed by atoms with Gasteiger partial charge in [0.1, 0.15) is 14.7 Å². The highest BCUT2D eigenvalue weighted by Crippen LogP contribution is 2.29. The molecule has 0 bridgehead atoms. The Morgan fingerprint density at radius 3 is 1.81 bits per heavy atom. The first-order chi connectivity index (χ1) is 7.64. The Bertz CT molecular complexity index is 154. The number of ether oxygens (including phenoxy) is 3. The molecule has 0 amide bonds. The predicted octanol–water partition coefficient (Wildman–Crippen LogP) is 3.10. The van der Waals surface area contributed by atoms with Gasteiger partial charge in [-0.1, -0.05) is 11.7 Å². The second-order valence-electron chi connectivity index (χ2n) is 2.83. The minimum Gasteiger partial charge on any atom is -0.328 e. The second kappa shape index (κ2) is 10.2. The lowest BCUT2D eigenvalue weighted by Crippen LogP contribution is -2.40. The fourth-order valence-electron chi connectivity index (χ4n) is 1.25. The Morgan fingerprint density at radius 2 is 1.50 bits per heavy atom. The van der Waals surface area contributed by atoms with E-state index in [4.69, 9.17) is 14.2 Å². The molecule has 98 valence electrons. The molecule has 0 saturated carbocycles. The van der Waals surface area contributed by atoms with Crippen LogP contribution in [0.1, 0.15) is 27.2 Å². The average Bonchev–Trinajstić information content (AvgIpc) is 2.27. The zero-order chi connectivity index (χ0) is 12.4. The van der Waals surface area contributed by atoms with Crippen molar-refractivity contribution >= 4 is 42.1 Å². The molecule has 0 aliphatic heterocycles. The maximum Gasteiger partial charge on any atom is 0.287 e. The van der Waals surface area contributed by atoms with Gasteiger partial charge in [-0.05, 0) is 20.8 Å². The summed E-state index contributed by atoms with van der Waals surface area (Å²) in [6, 6.07) is 0. The molecule has 1 atom stereocenters. The standard InChI is InChI=1S/C9H20O3S4/c1-4-10-9(11-5-2,12-6-3)7-8-16(14)15-13/h14H,4-8H2,1-3H3/p+1. The molecule has 0 spiro atoms. The van der Waals surface area contributed by atoms with Crippen LogP contribution in [0.2, 0.25) is 0 Å². The highest BCUT2D eigenvalue weighted by atomic mass is 33.7. The van der Waals surface area contributed by atoms with Crippen LogP contribution in [0.4, 0.5) is 0 Å². The van der Waals surface area contributed by atoms with E-state index in [1.165, 1.54) is 9.83 Å². The van der Waals surface area contributed by atoms with Gasteiger partial charge in [0, 0.05) is 19.8 Å². The van der Waals surface area contributed by atoms with Crippen LogP contribution in [-0.2, 0) is 23.2 Å². The van der Waals surface area contributed by atoms with Gasteiger partial charge in [0.05, 0.1) is 18.1 Å². The lowest BCUT2D eigenvalue weighted by molar-refractivity contribution is -0.377. The van der Waals surface area contributed by atoms with Crippen molar-refractivity contribution in [3.05, 3.63) is 0 Å². The maximum atomic E-state index is 5.60. The van der Waals surface area contributed by atoms with E-state index in [1.54, 1.807) is 0 Å².